The molecule has 0 N–H and O–H groups in total. The van der Waals surface area contributed by atoms with E-state index < -0.39 is 0 Å². The van der Waals surface area contributed by atoms with Gasteiger partial charge in [0.15, 0.2) is 6.17 Å². The third-order valence-corrected chi connectivity index (χ3v) is 6.37. The first-order chi connectivity index (χ1) is 17.3. The van der Waals surface area contributed by atoms with Crippen molar-refractivity contribution in [3.8, 4) is 22.5 Å². The summed E-state index contributed by atoms with van der Waals surface area (Å²) in [5.74, 6) is 0. The van der Waals surface area contributed by atoms with Crippen LogP contribution in [0.2, 0.25) is 0 Å². The van der Waals surface area contributed by atoms with Crippen molar-refractivity contribution in [2.45, 2.75) is 6.17 Å². The maximum atomic E-state index is 4.85. The second kappa shape index (κ2) is 7.92. The predicted molar refractivity (Wildman–Crippen MR) is 137 cm³/mol. The quantitative estimate of drug-likeness (QED) is 0.360. The van der Waals surface area contributed by atoms with Crippen LogP contribution in [0.5, 0.6) is 0 Å². The second-order valence-corrected chi connectivity index (χ2v) is 8.59. The molecule has 2 aromatic heterocycles. The van der Waals surface area contributed by atoms with E-state index in [0.717, 1.165) is 49.8 Å². The highest BCUT2D eigenvalue weighted by atomic mass is 15.0. The zero-order valence-electron chi connectivity index (χ0n) is 18.7. The molecule has 164 valence electrons. The molecule has 0 atom stereocenters. The number of pyridine rings is 1. The monoisotopic (exact) mass is 449 g/mol. The summed E-state index contributed by atoms with van der Waals surface area (Å²) in [4.78, 5) is 23.9. The van der Waals surface area contributed by atoms with Crippen LogP contribution in [0.25, 0.3) is 44.3 Å². The number of para-hydroxylation sites is 1. The van der Waals surface area contributed by atoms with E-state index in [1.807, 2.05) is 60.8 Å². The standard InChI is InChI=1S/C30H19N5/c1-2-7-19(8-3-1)23-11-6-12-25-29(23)32-18-28(33-25)24-14-13-22(17-31-24)30-34-26-15-20-9-4-5-10-21(20)16-27(26)35-30/h1-18,30H. The van der Waals surface area contributed by atoms with Gasteiger partial charge >= 0.3 is 0 Å². The SMILES string of the molecule is c1ccc(-c2cccc3nc(-c4ccc(C5N=c6cc7ccccc7cc6=N5)cn4)cnc23)cc1. The molecule has 6 aromatic rings. The fourth-order valence-corrected chi connectivity index (χ4v) is 4.59. The molecule has 4 aromatic carbocycles. The Labute approximate surface area is 201 Å². The lowest BCUT2D eigenvalue weighted by molar-refractivity contribution is 0.766. The summed E-state index contributed by atoms with van der Waals surface area (Å²) in [6.07, 6.45) is 3.35. The first-order valence-corrected chi connectivity index (χ1v) is 11.5. The molecule has 0 unspecified atom stereocenters. The van der Waals surface area contributed by atoms with Crippen LogP contribution < -0.4 is 10.7 Å². The number of hydrogen-bond donors (Lipinski definition) is 0. The van der Waals surface area contributed by atoms with E-state index in [9.17, 15) is 0 Å². The molecule has 0 saturated heterocycles. The molecule has 0 radical (unpaired) electrons. The molecule has 5 nitrogen and oxygen atoms in total. The van der Waals surface area contributed by atoms with Crippen LogP contribution in [0.1, 0.15) is 11.7 Å². The Morgan fingerprint density at radius 2 is 1.31 bits per heavy atom. The smallest absolute Gasteiger partial charge is 0.168 e. The largest absolute Gasteiger partial charge is 0.254 e. The van der Waals surface area contributed by atoms with Gasteiger partial charge in [-0.1, -0.05) is 72.8 Å². The van der Waals surface area contributed by atoms with Crippen LogP contribution in [-0.2, 0) is 0 Å². The van der Waals surface area contributed by atoms with Crippen molar-refractivity contribution in [2.24, 2.45) is 9.98 Å². The Morgan fingerprint density at radius 1 is 0.571 bits per heavy atom. The number of rotatable bonds is 3. The van der Waals surface area contributed by atoms with Crippen LogP contribution in [0, 0.1) is 0 Å². The van der Waals surface area contributed by atoms with Gasteiger partial charge in [0.1, 0.15) is 5.69 Å². The summed E-state index contributed by atoms with van der Waals surface area (Å²) in [5, 5.41) is 4.19. The highest BCUT2D eigenvalue weighted by molar-refractivity contribution is 5.92. The zero-order valence-corrected chi connectivity index (χ0v) is 18.7. The van der Waals surface area contributed by atoms with E-state index in [0.29, 0.717) is 0 Å². The molecule has 7 rings (SSSR count). The van der Waals surface area contributed by atoms with Crippen molar-refractivity contribution in [2.75, 3.05) is 0 Å². The van der Waals surface area contributed by atoms with E-state index in [-0.39, 0.29) is 6.17 Å². The first-order valence-electron chi connectivity index (χ1n) is 11.5. The topological polar surface area (TPSA) is 63.4 Å². The molecule has 0 aliphatic carbocycles. The van der Waals surface area contributed by atoms with Gasteiger partial charge in [0.2, 0.25) is 0 Å². The van der Waals surface area contributed by atoms with Gasteiger partial charge in [0.25, 0.3) is 0 Å². The number of hydrogen-bond acceptors (Lipinski definition) is 5. The van der Waals surface area contributed by atoms with Crippen LogP contribution in [0.3, 0.4) is 0 Å². The van der Waals surface area contributed by atoms with Gasteiger partial charge in [-0.3, -0.25) is 20.0 Å². The molecule has 3 heterocycles. The molecule has 0 saturated carbocycles. The summed E-state index contributed by atoms with van der Waals surface area (Å²) in [6, 6.07) is 32.8. The third kappa shape index (κ3) is 3.45. The first kappa shape index (κ1) is 19.7. The van der Waals surface area contributed by atoms with E-state index in [1.165, 1.54) is 10.8 Å². The van der Waals surface area contributed by atoms with Gasteiger partial charge in [-0.25, -0.2) is 4.98 Å². The minimum atomic E-state index is -0.278. The Balaban J connectivity index is 1.22. The van der Waals surface area contributed by atoms with Crippen molar-refractivity contribution in [1.82, 2.24) is 15.0 Å². The van der Waals surface area contributed by atoms with Crippen LogP contribution in [0.15, 0.2) is 119 Å². The summed E-state index contributed by atoms with van der Waals surface area (Å²) >= 11 is 0. The van der Waals surface area contributed by atoms with Crippen molar-refractivity contribution < 1.29 is 0 Å². The van der Waals surface area contributed by atoms with Gasteiger partial charge in [-0.15, -0.1) is 0 Å². The summed E-state index contributed by atoms with van der Waals surface area (Å²) in [6.45, 7) is 0. The lowest BCUT2D eigenvalue weighted by atomic mass is 10.0. The van der Waals surface area contributed by atoms with Crippen LogP contribution >= 0.6 is 0 Å². The molecule has 0 spiro atoms. The van der Waals surface area contributed by atoms with Gasteiger partial charge in [-0.2, -0.15) is 0 Å². The molecule has 1 aliphatic heterocycles. The fraction of sp³-hybridized carbons (Fsp3) is 0.0333. The Kier molecular flexibility index (Phi) is 4.45. The average Bonchev–Trinajstić information content (AvgIpc) is 3.34. The summed E-state index contributed by atoms with van der Waals surface area (Å²) in [7, 11) is 0. The van der Waals surface area contributed by atoms with Crippen LogP contribution in [0.4, 0.5) is 0 Å². The highest BCUT2D eigenvalue weighted by Gasteiger charge is 2.15. The third-order valence-electron chi connectivity index (χ3n) is 6.37. The lowest BCUT2D eigenvalue weighted by Gasteiger charge is -2.08. The number of aromatic nitrogens is 3. The van der Waals surface area contributed by atoms with E-state index in [2.05, 4.69) is 47.4 Å². The number of nitrogens with zero attached hydrogens (tertiary/aromatic N) is 5. The molecule has 1 aliphatic rings. The summed E-state index contributed by atoms with van der Waals surface area (Å²) in [5.41, 5.74) is 6.39. The maximum Gasteiger partial charge on any atom is 0.168 e. The second-order valence-electron chi connectivity index (χ2n) is 8.59. The predicted octanol–water partition coefficient (Wildman–Crippen LogP) is 5.46. The number of fused-ring (bicyclic) bond motifs is 3. The Bertz CT molecular complexity index is 1790. The molecular weight excluding hydrogens is 430 g/mol. The minimum absolute atomic E-state index is 0.278. The average molecular weight is 450 g/mol. The summed E-state index contributed by atoms with van der Waals surface area (Å²) < 4.78 is 0. The minimum Gasteiger partial charge on any atom is -0.254 e. The normalized spacial score (nSPS) is 12.9. The van der Waals surface area contributed by atoms with Crippen molar-refractivity contribution >= 4 is 21.8 Å². The fourth-order valence-electron chi connectivity index (χ4n) is 4.59. The van der Waals surface area contributed by atoms with Crippen molar-refractivity contribution in [3.05, 3.63) is 126 Å². The van der Waals surface area contributed by atoms with E-state index >= 15 is 0 Å². The lowest BCUT2D eigenvalue weighted by Crippen LogP contribution is -2.20. The zero-order chi connectivity index (χ0) is 23.2. The molecule has 0 fully saturated rings. The molecule has 35 heavy (non-hydrogen) atoms. The Morgan fingerprint density at radius 3 is 2.03 bits per heavy atom. The molecule has 5 heteroatoms. The highest BCUT2D eigenvalue weighted by Crippen LogP contribution is 2.28. The van der Waals surface area contributed by atoms with E-state index in [1.54, 1.807) is 6.20 Å². The molecule has 0 amide bonds. The Hall–Kier alpha value is -4.77. The van der Waals surface area contributed by atoms with Crippen molar-refractivity contribution in [3.63, 3.8) is 0 Å². The van der Waals surface area contributed by atoms with E-state index in [4.69, 9.17) is 20.0 Å². The van der Waals surface area contributed by atoms with Gasteiger partial charge < -0.3 is 0 Å². The number of benzene rings is 4. The van der Waals surface area contributed by atoms with Gasteiger partial charge in [-0.05, 0) is 40.6 Å². The molecule has 0 bridgehead atoms. The molecular formula is C30H19N5. The van der Waals surface area contributed by atoms with Crippen molar-refractivity contribution in [1.29, 1.82) is 0 Å². The maximum absolute atomic E-state index is 4.85. The van der Waals surface area contributed by atoms with Crippen LogP contribution in [-0.4, -0.2) is 15.0 Å². The van der Waals surface area contributed by atoms with Gasteiger partial charge in [0, 0.05) is 17.3 Å². The van der Waals surface area contributed by atoms with Gasteiger partial charge in [0.05, 0.1) is 33.6 Å².